The van der Waals surface area contributed by atoms with Gasteiger partial charge in [0, 0.05) is 64.2 Å². The summed E-state index contributed by atoms with van der Waals surface area (Å²) in [6.45, 7) is 8.78. The van der Waals surface area contributed by atoms with Gasteiger partial charge in [0.2, 0.25) is 0 Å². The van der Waals surface area contributed by atoms with Crippen LogP contribution in [0.3, 0.4) is 0 Å². The molecule has 0 spiro atoms. The Balaban J connectivity index is 1.63. The van der Waals surface area contributed by atoms with Gasteiger partial charge in [0.15, 0.2) is 0 Å². The van der Waals surface area contributed by atoms with Gasteiger partial charge in [-0.05, 0) is 25.7 Å². The third kappa shape index (κ3) is 6.69. The third-order valence-corrected chi connectivity index (χ3v) is 5.36. The Bertz CT molecular complexity index is 518. The number of allylic oxidation sites excluding steroid dienone is 1. The van der Waals surface area contributed by atoms with Crippen molar-refractivity contribution in [3.05, 3.63) is 24.2 Å². The number of aliphatic imine (C=N–C) groups is 2. The molecule has 0 unspecified atom stereocenters. The largest absolute Gasteiger partial charge is 0.380 e. The molecule has 2 N–H and O–H groups in total. The lowest BCUT2D eigenvalue weighted by Gasteiger charge is -2.13. The highest BCUT2D eigenvalue weighted by Crippen LogP contribution is 2.27. The minimum atomic E-state index is 0.859. The van der Waals surface area contributed by atoms with Crippen LogP contribution in [-0.2, 0) is 0 Å². The molecule has 0 aromatic rings. The van der Waals surface area contributed by atoms with Gasteiger partial charge in [-0.3, -0.25) is 0 Å². The molecule has 2 aliphatic rings. The monoisotopic (exact) mass is 349 g/mol. The third-order valence-electron chi connectivity index (χ3n) is 4.32. The van der Waals surface area contributed by atoms with E-state index in [0.29, 0.717) is 0 Å². The smallest absolute Gasteiger partial charge is 0.103 e. The van der Waals surface area contributed by atoms with Crippen LogP contribution in [0.4, 0.5) is 0 Å². The Hall–Kier alpha value is -1.27. The number of hydrogen-bond acceptors (Lipinski definition) is 5. The number of hydrogen-bond donors (Lipinski definition) is 2. The summed E-state index contributed by atoms with van der Waals surface area (Å²) in [6, 6.07) is 0. The van der Waals surface area contributed by atoms with Crippen molar-refractivity contribution in [3.63, 3.8) is 0 Å². The lowest BCUT2D eigenvalue weighted by molar-refractivity contribution is 0.506. The van der Waals surface area contributed by atoms with E-state index in [1.54, 1.807) is 6.20 Å². The van der Waals surface area contributed by atoms with Gasteiger partial charge in [-0.1, -0.05) is 6.58 Å². The summed E-state index contributed by atoms with van der Waals surface area (Å²) in [6.07, 6.45) is 6.26. The zero-order valence-electron chi connectivity index (χ0n) is 15.3. The summed E-state index contributed by atoms with van der Waals surface area (Å²) in [5, 5.41) is 8.18. The van der Waals surface area contributed by atoms with E-state index in [4.69, 9.17) is 4.99 Å². The molecule has 134 valence electrons. The Labute approximate surface area is 150 Å². The van der Waals surface area contributed by atoms with Gasteiger partial charge in [0.05, 0.1) is 10.7 Å². The van der Waals surface area contributed by atoms with E-state index < -0.39 is 0 Å². The normalized spacial score (nSPS) is 20.0. The van der Waals surface area contributed by atoms with Crippen molar-refractivity contribution >= 4 is 22.6 Å². The Morgan fingerprint density at radius 2 is 2.21 bits per heavy atom. The number of nitrogens with zero attached hydrogens (tertiary/aromatic N) is 3. The molecule has 1 aliphatic heterocycles. The first-order chi connectivity index (χ1) is 11.6. The maximum absolute atomic E-state index is 4.76. The lowest BCUT2D eigenvalue weighted by atomic mass is 10.3. The van der Waals surface area contributed by atoms with E-state index in [2.05, 4.69) is 48.1 Å². The van der Waals surface area contributed by atoms with Crippen LogP contribution in [-0.4, -0.2) is 55.3 Å². The average Bonchev–Trinajstić information content (AvgIpc) is 3.28. The van der Waals surface area contributed by atoms with Crippen LogP contribution in [0.2, 0.25) is 0 Å². The van der Waals surface area contributed by atoms with Crippen LogP contribution in [0.1, 0.15) is 32.6 Å². The van der Waals surface area contributed by atoms with Gasteiger partial charge >= 0.3 is 0 Å². The summed E-state index contributed by atoms with van der Waals surface area (Å²) < 4.78 is 0. The Morgan fingerprint density at radius 3 is 2.88 bits per heavy atom. The van der Waals surface area contributed by atoms with Crippen molar-refractivity contribution in [1.82, 2.24) is 15.5 Å². The minimum absolute atomic E-state index is 0.859. The molecule has 1 saturated carbocycles. The molecule has 6 heteroatoms. The average molecular weight is 350 g/mol. The van der Waals surface area contributed by atoms with Crippen LogP contribution in [0.15, 0.2) is 34.2 Å². The molecule has 1 aliphatic carbocycles. The minimum Gasteiger partial charge on any atom is -0.380 e. The molecular weight excluding hydrogens is 318 g/mol. The maximum Gasteiger partial charge on any atom is 0.103 e. The summed E-state index contributed by atoms with van der Waals surface area (Å²) in [5.41, 5.74) is 2.47. The van der Waals surface area contributed by atoms with E-state index in [1.165, 1.54) is 29.3 Å². The van der Waals surface area contributed by atoms with Gasteiger partial charge in [-0.15, -0.1) is 11.8 Å². The summed E-state index contributed by atoms with van der Waals surface area (Å²) in [4.78, 5) is 11.2. The molecule has 1 heterocycles. The molecule has 24 heavy (non-hydrogen) atoms. The van der Waals surface area contributed by atoms with E-state index in [9.17, 15) is 0 Å². The highest BCUT2D eigenvalue weighted by atomic mass is 32.2. The molecule has 1 fully saturated rings. The first-order valence-electron chi connectivity index (χ1n) is 8.79. The lowest BCUT2D eigenvalue weighted by Crippen LogP contribution is -2.29. The topological polar surface area (TPSA) is 52.0 Å². The van der Waals surface area contributed by atoms with Crippen LogP contribution in [0, 0.1) is 5.92 Å². The molecule has 0 radical (unpaired) electrons. The van der Waals surface area contributed by atoms with Crippen molar-refractivity contribution in [1.29, 1.82) is 0 Å². The zero-order chi connectivity index (χ0) is 17.4. The fraction of sp³-hybridized carbons (Fsp3) is 0.667. The van der Waals surface area contributed by atoms with Gasteiger partial charge in [-0.25, -0.2) is 9.98 Å². The van der Waals surface area contributed by atoms with Crippen LogP contribution in [0.5, 0.6) is 0 Å². The van der Waals surface area contributed by atoms with E-state index in [0.717, 1.165) is 50.0 Å². The molecule has 0 bridgehead atoms. The SMILES string of the molecule is C=C/N=C(/CCNCCC1=N/C(=C(\C)N(C)C)CS1)NCC1CC1. The first kappa shape index (κ1) is 19.1. The molecule has 0 amide bonds. The highest BCUT2D eigenvalue weighted by molar-refractivity contribution is 8.14. The standard InChI is InChI=1S/C18H31N5S/c1-5-20-17(21-12-15-6-7-15)8-10-19-11-9-18-22-16(13-24-18)14(2)23(3)4/h5,15,19H,1,6-13H2,2-4H3,(H,20,21)/b16-14+. The number of nitrogens with one attached hydrogen (secondary N) is 2. The van der Waals surface area contributed by atoms with E-state index in [1.807, 2.05) is 11.8 Å². The molecule has 0 aromatic carbocycles. The van der Waals surface area contributed by atoms with Gasteiger partial charge in [0.1, 0.15) is 5.84 Å². The second kappa shape index (κ2) is 9.89. The van der Waals surface area contributed by atoms with Gasteiger partial charge in [0.25, 0.3) is 0 Å². The van der Waals surface area contributed by atoms with Gasteiger partial charge < -0.3 is 15.5 Å². The highest BCUT2D eigenvalue weighted by Gasteiger charge is 2.21. The molecule has 2 rings (SSSR count). The summed E-state index contributed by atoms with van der Waals surface area (Å²) >= 11 is 1.86. The quantitative estimate of drug-likeness (QED) is 0.362. The maximum atomic E-state index is 4.76. The predicted molar refractivity (Wildman–Crippen MR) is 107 cm³/mol. The second-order valence-corrected chi connectivity index (χ2v) is 7.60. The van der Waals surface area contributed by atoms with Crippen LogP contribution in [0.25, 0.3) is 0 Å². The molecular formula is C18H31N5S. The van der Waals surface area contributed by atoms with Crippen molar-refractivity contribution in [2.24, 2.45) is 15.9 Å². The zero-order valence-corrected chi connectivity index (χ0v) is 16.1. The number of amidine groups is 1. The van der Waals surface area contributed by atoms with Crippen LogP contribution < -0.4 is 10.6 Å². The first-order valence-corrected chi connectivity index (χ1v) is 9.78. The predicted octanol–water partition coefficient (Wildman–Crippen LogP) is 2.84. The van der Waals surface area contributed by atoms with Crippen molar-refractivity contribution in [2.45, 2.75) is 32.6 Å². The summed E-state index contributed by atoms with van der Waals surface area (Å²) in [5.74, 6) is 2.91. The van der Waals surface area contributed by atoms with Crippen LogP contribution >= 0.6 is 11.8 Å². The Morgan fingerprint density at radius 1 is 1.42 bits per heavy atom. The fourth-order valence-electron chi connectivity index (χ4n) is 2.36. The summed E-state index contributed by atoms with van der Waals surface area (Å²) in [7, 11) is 4.14. The fourth-order valence-corrected chi connectivity index (χ4v) is 3.36. The molecule has 0 atom stereocenters. The molecule has 0 aromatic heterocycles. The van der Waals surface area contributed by atoms with Gasteiger partial charge in [-0.2, -0.15) is 0 Å². The van der Waals surface area contributed by atoms with Crippen molar-refractivity contribution in [2.75, 3.05) is 39.5 Å². The molecule has 0 saturated heterocycles. The molecule has 5 nitrogen and oxygen atoms in total. The van der Waals surface area contributed by atoms with Crippen molar-refractivity contribution < 1.29 is 0 Å². The number of thioether (sulfide) groups is 1. The van der Waals surface area contributed by atoms with Crippen molar-refractivity contribution in [3.8, 4) is 0 Å². The second-order valence-electron chi connectivity index (χ2n) is 6.55. The number of rotatable bonds is 10. The Kier molecular flexibility index (Phi) is 7.85. The van der Waals surface area contributed by atoms with E-state index in [-0.39, 0.29) is 0 Å². The van der Waals surface area contributed by atoms with E-state index >= 15 is 0 Å².